The number of thiazole rings is 1. The zero-order chi connectivity index (χ0) is 19.6. The van der Waals surface area contributed by atoms with Gasteiger partial charge in [-0.2, -0.15) is 0 Å². The predicted octanol–water partition coefficient (Wildman–Crippen LogP) is 3.18. The first-order valence-electron chi connectivity index (χ1n) is 8.69. The predicted molar refractivity (Wildman–Crippen MR) is 107 cm³/mol. The Hall–Kier alpha value is -2.12. The van der Waals surface area contributed by atoms with Gasteiger partial charge in [0.25, 0.3) is 5.91 Å². The van der Waals surface area contributed by atoms with E-state index in [2.05, 4.69) is 36.5 Å². The van der Waals surface area contributed by atoms with Crippen molar-refractivity contribution in [2.24, 2.45) is 0 Å². The number of nitrogens with zero attached hydrogens (tertiary/aromatic N) is 2. The first-order chi connectivity index (χ1) is 12.8. The Morgan fingerprint density at radius 3 is 2.89 bits per heavy atom. The zero-order valence-electron chi connectivity index (χ0n) is 15.5. The van der Waals surface area contributed by atoms with Gasteiger partial charge in [0.05, 0.1) is 21.4 Å². The molecule has 0 spiro atoms. The van der Waals surface area contributed by atoms with Crippen LogP contribution in [-0.2, 0) is 21.4 Å². The Labute approximate surface area is 167 Å². The summed E-state index contributed by atoms with van der Waals surface area (Å²) in [6.45, 7) is 6.64. The second-order valence-corrected chi connectivity index (χ2v) is 8.68. The van der Waals surface area contributed by atoms with Crippen LogP contribution in [0.1, 0.15) is 31.5 Å². The molecule has 3 rings (SSSR count). The van der Waals surface area contributed by atoms with E-state index in [-0.39, 0.29) is 30.4 Å². The smallest absolute Gasteiger partial charge is 0.265 e. The highest BCUT2D eigenvalue weighted by Crippen LogP contribution is 2.37. The number of anilines is 1. The highest BCUT2D eigenvalue weighted by molar-refractivity contribution is 7.09. The summed E-state index contributed by atoms with van der Waals surface area (Å²) < 4.78 is 5.39. The number of halogens is 1. The summed E-state index contributed by atoms with van der Waals surface area (Å²) in [5, 5.41) is 6.32. The number of ether oxygens (including phenoxy) is 1. The van der Waals surface area contributed by atoms with Crippen LogP contribution in [-0.4, -0.2) is 36.5 Å². The van der Waals surface area contributed by atoms with Crippen LogP contribution in [0, 0.1) is 0 Å². The van der Waals surface area contributed by atoms with E-state index in [9.17, 15) is 9.59 Å². The van der Waals surface area contributed by atoms with Crippen molar-refractivity contribution in [3.63, 3.8) is 0 Å². The molecule has 1 N–H and O–H groups in total. The number of hydrogen-bond donors (Lipinski definition) is 1. The number of carbonyl (C=O) groups is 2. The lowest BCUT2D eigenvalue weighted by Crippen LogP contribution is -2.45. The number of benzene rings is 1. The summed E-state index contributed by atoms with van der Waals surface area (Å²) in [4.78, 5) is 30.5. The molecule has 2 amide bonds. The topological polar surface area (TPSA) is 71.5 Å². The zero-order valence-corrected chi connectivity index (χ0v) is 17.1. The van der Waals surface area contributed by atoms with Crippen LogP contribution in [0.15, 0.2) is 23.6 Å². The quantitative estimate of drug-likeness (QED) is 0.826. The fourth-order valence-electron chi connectivity index (χ4n) is 2.65. The number of aromatic nitrogens is 1. The van der Waals surface area contributed by atoms with Gasteiger partial charge in [0.2, 0.25) is 5.91 Å². The van der Waals surface area contributed by atoms with Crippen LogP contribution in [0.25, 0.3) is 0 Å². The van der Waals surface area contributed by atoms with Crippen LogP contribution >= 0.6 is 22.9 Å². The van der Waals surface area contributed by atoms with Gasteiger partial charge in [-0.25, -0.2) is 4.98 Å². The molecule has 1 aromatic heterocycles. The van der Waals surface area contributed by atoms with Gasteiger partial charge >= 0.3 is 0 Å². The summed E-state index contributed by atoms with van der Waals surface area (Å²) in [7, 11) is 0. The number of nitrogens with one attached hydrogen (secondary N) is 1. The SMILES string of the molecule is CC(C)(C)c1csc(CCNC(=O)CN2C(=O)COc3c(Cl)cccc32)n1. The molecule has 6 nitrogen and oxygen atoms in total. The summed E-state index contributed by atoms with van der Waals surface area (Å²) in [5.74, 6) is -0.0671. The minimum atomic E-state index is -0.269. The molecule has 2 heterocycles. The van der Waals surface area contributed by atoms with Crippen molar-refractivity contribution in [1.82, 2.24) is 10.3 Å². The van der Waals surface area contributed by atoms with Gasteiger partial charge in [-0.3, -0.25) is 14.5 Å². The fraction of sp³-hybridized carbons (Fsp3) is 0.421. The van der Waals surface area contributed by atoms with Crippen LogP contribution in [0.3, 0.4) is 0 Å². The molecular weight excluding hydrogens is 386 g/mol. The number of para-hydroxylation sites is 1. The van der Waals surface area contributed by atoms with E-state index in [1.165, 1.54) is 4.90 Å². The molecule has 8 heteroatoms. The molecule has 0 unspecified atom stereocenters. The maximum atomic E-state index is 12.3. The van der Waals surface area contributed by atoms with Crippen molar-refractivity contribution in [1.29, 1.82) is 0 Å². The minimum absolute atomic E-state index is 0.0172. The summed E-state index contributed by atoms with van der Waals surface area (Å²) >= 11 is 7.71. The molecule has 0 fully saturated rings. The Balaban J connectivity index is 1.56. The molecule has 0 saturated heterocycles. The average molecular weight is 408 g/mol. The summed E-state index contributed by atoms with van der Waals surface area (Å²) in [6, 6.07) is 5.13. The largest absolute Gasteiger partial charge is 0.480 e. The lowest BCUT2D eigenvalue weighted by atomic mass is 9.93. The van der Waals surface area contributed by atoms with Gasteiger partial charge in [0.15, 0.2) is 12.4 Å². The van der Waals surface area contributed by atoms with E-state index < -0.39 is 0 Å². The van der Waals surface area contributed by atoms with Gasteiger partial charge < -0.3 is 10.1 Å². The summed E-state index contributed by atoms with van der Waals surface area (Å²) in [6.07, 6.45) is 0.659. The summed E-state index contributed by atoms with van der Waals surface area (Å²) in [5.41, 5.74) is 1.59. The highest BCUT2D eigenvalue weighted by Gasteiger charge is 2.28. The van der Waals surface area contributed by atoms with Crippen molar-refractivity contribution >= 4 is 40.4 Å². The molecule has 1 aliphatic rings. The first kappa shape index (κ1) is 19.6. The van der Waals surface area contributed by atoms with E-state index in [0.29, 0.717) is 29.4 Å². The molecule has 0 atom stereocenters. The van der Waals surface area contributed by atoms with Crippen molar-refractivity contribution in [3.8, 4) is 5.75 Å². The maximum absolute atomic E-state index is 12.3. The monoisotopic (exact) mass is 407 g/mol. The van der Waals surface area contributed by atoms with E-state index in [1.54, 1.807) is 29.5 Å². The van der Waals surface area contributed by atoms with Crippen LogP contribution in [0.2, 0.25) is 5.02 Å². The van der Waals surface area contributed by atoms with Crippen molar-refractivity contribution < 1.29 is 14.3 Å². The van der Waals surface area contributed by atoms with Gasteiger partial charge in [-0.1, -0.05) is 38.4 Å². The lowest BCUT2D eigenvalue weighted by molar-refractivity contribution is -0.125. The van der Waals surface area contributed by atoms with Crippen LogP contribution in [0.4, 0.5) is 5.69 Å². The number of amides is 2. The molecule has 27 heavy (non-hydrogen) atoms. The second kappa shape index (κ2) is 7.86. The Morgan fingerprint density at radius 2 is 2.19 bits per heavy atom. The lowest BCUT2D eigenvalue weighted by Gasteiger charge is -2.29. The van der Waals surface area contributed by atoms with Crippen molar-refractivity contribution in [2.45, 2.75) is 32.6 Å². The maximum Gasteiger partial charge on any atom is 0.265 e. The number of fused-ring (bicyclic) bond motifs is 1. The molecule has 0 bridgehead atoms. The average Bonchev–Trinajstić information content (AvgIpc) is 3.07. The Morgan fingerprint density at radius 1 is 1.41 bits per heavy atom. The van der Waals surface area contributed by atoms with Crippen LogP contribution < -0.4 is 15.0 Å². The molecule has 1 aromatic carbocycles. The van der Waals surface area contributed by atoms with Gasteiger partial charge in [-0.15, -0.1) is 11.3 Å². The molecule has 0 radical (unpaired) electrons. The highest BCUT2D eigenvalue weighted by atomic mass is 35.5. The van der Waals surface area contributed by atoms with E-state index in [4.69, 9.17) is 16.3 Å². The fourth-order valence-corrected chi connectivity index (χ4v) is 3.90. The third-order valence-electron chi connectivity index (χ3n) is 4.16. The van der Waals surface area contributed by atoms with Gasteiger partial charge in [0.1, 0.15) is 6.54 Å². The minimum Gasteiger partial charge on any atom is -0.480 e. The molecule has 0 aliphatic carbocycles. The third kappa shape index (κ3) is 4.59. The van der Waals surface area contributed by atoms with Crippen molar-refractivity contribution in [3.05, 3.63) is 39.3 Å². The standard InChI is InChI=1S/C19H22ClN3O3S/c1-19(2,3)14-11-27-16(22-14)7-8-21-15(24)9-23-13-6-4-5-12(20)18(13)26-10-17(23)25/h4-6,11H,7-10H2,1-3H3,(H,21,24). The van der Waals surface area contributed by atoms with Gasteiger partial charge in [0, 0.05) is 23.8 Å². The van der Waals surface area contributed by atoms with E-state index >= 15 is 0 Å². The van der Waals surface area contributed by atoms with E-state index in [1.807, 2.05) is 0 Å². The molecule has 1 aliphatic heterocycles. The second-order valence-electron chi connectivity index (χ2n) is 7.33. The normalized spacial score (nSPS) is 13.9. The Kier molecular flexibility index (Phi) is 5.72. The third-order valence-corrected chi connectivity index (χ3v) is 5.37. The molecule has 144 valence electrons. The molecule has 2 aromatic rings. The Bertz CT molecular complexity index is 860. The molecule has 0 saturated carbocycles. The van der Waals surface area contributed by atoms with Gasteiger partial charge in [-0.05, 0) is 12.1 Å². The first-order valence-corrected chi connectivity index (χ1v) is 9.95. The molecular formula is C19H22ClN3O3S. The number of hydrogen-bond acceptors (Lipinski definition) is 5. The number of rotatable bonds is 5. The van der Waals surface area contributed by atoms with Crippen molar-refractivity contribution in [2.75, 3.05) is 24.6 Å². The van der Waals surface area contributed by atoms with E-state index in [0.717, 1.165) is 10.7 Å². The van der Waals surface area contributed by atoms with Crippen LogP contribution in [0.5, 0.6) is 5.75 Å². The number of carbonyl (C=O) groups excluding carboxylic acids is 2.